The van der Waals surface area contributed by atoms with Gasteiger partial charge < -0.3 is 5.32 Å². The van der Waals surface area contributed by atoms with Crippen LogP contribution in [-0.2, 0) is 0 Å². The third-order valence-corrected chi connectivity index (χ3v) is 5.13. The van der Waals surface area contributed by atoms with E-state index in [1.54, 1.807) is 0 Å². The molecule has 1 aliphatic carbocycles. The summed E-state index contributed by atoms with van der Waals surface area (Å²) in [5.41, 5.74) is 0. The Morgan fingerprint density at radius 2 is 2.00 bits per heavy atom. The van der Waals surface area contributed by atoms with Gasteiger partial charge in [0.1, 0.15) is 0 Å². The Bertz CT molecular complexity index is 155. The fraction of sp³-hybridized carbons (Fsp3) is 1.00. The first-order chi connectivity index (χ1) is 7.27. The number of rotatable bonds is 7. The van der Waals surface area contributed by atoms with Gasteiger partial charge in [-0.1, -0.05) is 33.1 Å². The van der Waals surface area contributed by atoms with E-state index in [9.17, 15) is 0 Å². The van der Waals surface area contributed by atoms with Gasteiger partial charge in [0.25, 0.3) is 0 Å². The molecule has 0 aliphatic heterocycles. The highest BCUT2D eigenvalue weighted by Crippen LogP contribution is 2.28. The molecule has 0 amide bonds. The molecular weight excluding hydrogens is 202 g/mol. The van der Waals surface area contributed by atoms with E-state index < -0.39 is 0 Å². The minimum atomic E-state index is 0.710. The standard InChI is InChI=1S/C13H27NS/c1-4-11(2)13(14-3)10-15-9-12-7-5-6-8-12/h11-14H,4-10H2,1-3H3. The topological polar surface area (TPSA) is 12.0 Å². The van der Waals surface area contributed by atoms with Crippen LogP contribution in [0.25, 0.3) is 0 Å². The van der Waals surface area contributed by atoms with Crippen molar-refractivity contribution in [3.8, 4) is 0 Å². The largest absolute Gasteiger partial charge is 0.316 e. The monoisotopic (exact) mass is 229 g/mol. The molecule has 0 aromatic carbocycles. The van der Waals surface area contributed by atoms with Crippen molar-refractivity contribution in [2.75, 3.05) is 18.6 Å². The van der Waals surface area contributed by atoms with Crippen molar-refractivity contribution in [3.63, 3.8) is 0 Å². The molecule has 0 saturated heterocycles. The van der Waals surface area contributed by atoms with Gasteiger partial charge in [0.15, 0.2) is 0 Å². The molecule has 1 N–H and O–H groups in total. The molecule has 1 rings (SSSR count). The Kier molecular flexibility index (Phi) is 6.74. The number of nitrogens with one attached hydrogen (secondary N) is 1. The molecule has 0 spiro atoms. The van der Waals surface area contributed by atoms with Gasteiger partial charge in [0.05, 0.1) is 0 Å². The fourth-order valence-corrected chi connectivity index (χ4v) is 3.91. The minimum absolute atomic E-state index is 0.710. The van der Waals surface area contributed by atoms with E-state index in [-0.39, 0.29) is 0 Å². The van der Waals surface area contributed by atoms with Gasteiger partial charge in [-0.3, -0.25) is 0 Å². The van der Waals surface area contributed by atoms with Crippen molar-refractivity contribution in [3.05, 3.63) is 0 Å². The van der Waals surface area contributed by atoms with Crippen LogP contribution < -0.4 is 5.32 Å². The maximum Gasteiger partial charge on any atom is 0.0180 e. The van der Waals surface area contributed by atoms with Gasteiger partial charge in [-0.15, -0.1) is 0 Å². The summed E-state index contributed by atoms with van der Waals surface area (Å²) in [6, 6.07) is 0.710. The quantitative estimate of drug-likeness (QED) is 0.716. The summed E-state index contributed by atoms with van der Waals surface area (Å²) in [6.07, 6.45) is 7.22. The fourth-order valence-electron chi connectivity index (χ4n) is 2.36. The van der Waals surface area contributed by atoms with Gasteiger partial charge in [0.2, 0.25) is 0 Å². The van der Waals surface area contributed by atoms with E-state index in [4.69, 9.17) is 0 Å². The second-order valence-electron chi connectivity index (χ2n) is 4.97. The summed E-state index contributed by atoms with van der Waals surface area (Å²) < 4.78 is 0. The normalized spacial score (nSPS) is 21.8. The minimum Gasteiger partial charge on any atom is -0.316 e. The van der Waals surface area contributed by atoms with E-state index in [0.717, 1.165) is 11.8 Å². The molecule has 0 aromatic heterocycles. The van der Waals surface area contributed by atoms with E-state index in [2.05, 4.69) is 38.0 Å². The van der Waals surface area contributed by atoms with Gasteiger partial charge in [-0.05, 0) is 37.5 Å². The van der Waals surface area contributed by atoms with Gasteiger partial charge in [-0.25, -0.2) is 0 Å². The molecule has 90 valence electrons. The lowest BCUT2D eigenvalue weighted by Crippen LogP contribution is -2.34. The highest BCUT2D eigenvalue weighted by Gasteiger charge is 2.17. The highest BCUT2D eigenvalue weighted by molar-refractivity contribution is 7.99. The Balaban J connectivity index is 2.10. The zero-order valence-electron chi connectivity index (χ0n) is 10.6. The summed E-state index contributed by atoms with van der Waals surface area (Å²) in [7, 11) is 2.10. The van der Waals surface area contributed by atoms with Crippen LogP contribution in [0, 0.1) is 11.8 Å². The van der Waals surface area contributed by atoms with Crippen molar-refractivity contribution < 1.29 is 0 Å². The number of hydrogen-bond acceptors (Lipinski definition) is 2. The number of hydrogen-bond donors (Lipinski definition) is 1. The van der Waals surface area contributed by atoms with Gasteiger partial charge >= 0.3 is 0 Å². The molecule has 0 bridgehead atoms. The maximum atomic E-state index is 3.46. The van der Waals surface area contributed by atoms with Crippen LogP contribution in [-0.4, -0.2) is 24.6 Å². The molecule has 15 heavy (non-hydrogen) atoms. The van der Waals surface area contributed by atoms with Crippen LogP contribution in [0.4, 0.5) is 0 Å². The average Bonchev–Trinajstić information content (AvgIpc) is 2.76. The molecule has 0 radical (unpaired) electrons. The molecule has 1 aliphatic rings. The van der Waals surface area contributed by atoms with Gasteiger partial charge in [-0.2, -0.15) is 11.8 Å². The number of thioether (sulfide) groups is 1. The van der Waals surface area contributed by atoms with Gasteiger partial charge in [0, 0.05) is 11.8 Å². The van der Waals surface area contributed by atoms with Crippen LogP contribution in [0.15, 0.2) is 0 Å². The predicted octanol–water partition coefficient (Wildman–Crippen LogP) is 3.54. The molecule has 0 aromatic rings. The highest BCUT2D eigenvalue weighted by atomic mass is 32.2. The molecule has 1 saturated carbocycles. The van der Waals surface area contributed by atoms with E-state index >= 15 is 0 Å². The zero-order chi connectivity index (χ0) is 11.1. The lowest BCUT2D eigenvalue weighted by Gasteiger charge is -2.22. The van der Waals surface area contributed by atoms with E-state index in [0.29, 0.717) is 6.04 Å². The molecule has 1 nitrogen and oxygen atoms in total. The third kappa shape index (κ3) is 4.78. The summed E-state index contributed by atoms with van der Waals surface area (Å²) in [4.78, 5) is 0. The Hall–Kier alpha value is 0.310. The van der Waals surface area contributed by atoms with Crippen LogP contribution in [0.2, 0.25) is 0 Å². The Morgan fingerprint density at radius 3 is 2.53 bits per heavy atom. The maximum absolute atomic E-state index is 3.46. The molecular formula is C13H27NS. The predicted molar refractivity (Wildman–Crippen MR) is 71.6 cm³/mol. The van der Waals surface area contributed by atoms with E-state index in [1.165, 1.54) is 43.6 Å². The molecule has 2 heteroatoms. The van der Waals surface area contributed by atoms with Crippen molar-refractivity contribution in [2.24, 2.45) is 11.8 Å². The lowest BCUT2D eigenvalue weighted by atomic mass is 10.0. The van der Waals surface area contributed by atoms with Crippen molar-refractivity contribution in [2.45, 2.75) is 52.0 Å². The average molecular weight is 229 g/mol. The van der Waals surface area contributed by atoms with Crippen LogP contribution in [0.3, 0.4) is 0 Å². The molecule has 1 fully saturated rings. The van der Waals surface area contributed by atoms with E-state index in [1.807, 2.05) is 0 Å². The SMILES string of the molecule is CCC(C)C(CSCC1CCCC1)NC. The first-order valence-corrected chi connectivity index (χ1v) is 7.68. The smallest absolute Gasteiger partial charge is 0.0180 e. The summed E-state index contributed by atoms with van der Waals surface area (Å²) in [6.45, 7) is 4.65. The molecule has 0 heterocycles. The van der Waals surface area contributed by atoms with Crippen molar-refractivity contribution in [1.29, 1.82) is 0 Å². The summed E-state index contributed by atoms with van der Waals surface area (Å²) in [5.74, 6) is 4.53. The summed E-state index contributed by atoms with van der Waals surface area (Å²) >= 11 is 2.16. The second kappa shape index (κ2) is 7.56. The van der Waals surface area contributed by atoms with Crippen LogP contribution in [0.1, 0.15) is 46.0 Å². The molecule has 2 unspecified atom stereocenters. The Morgan fingerprint density at radius 1 is 1.33 bits per heavy atom. The first kappa shape index (κ1) is 13.4. The summed E-state index contributed by atoms with van der Waals surface area (Å²) in [5, 5.41) is 3.46. The third-order valence-electron chi connectivity index (χ3n) is 3.83. The van der Waals surface area contributed by atoms with Crippen LogP contribution >= 0.6 is 11.8 Å². The molecule has 2 atom stereocenters. The van der Waals surface area contributed by atoms with Crippen molar-refractivity contribution in [1.82, 2.24) is 5.32 Å². The second-order valence-corrected chi connectivity index (χ2v) is 6.04. The van der Waals surface area contributed by atoms with Crippen molar-refractivity contribution >= 4 is 11.8 Å². The first-order valence-electron chi connectivity index (χ1n) is 6.53. The zero-order valence-corrected chi connectivity index (χ0v) is 11.4. The Labute approximate surface area is 99.8 Å². The lowest BCUT2D eigenvalue weighted by molar-refractivity contribution is 0.420. The van der Waals surface area contributed by atoms with Crippen LogP contribution in [0.5, 0.6) is 0 Å².